The third kappa shape index (κ3) is 2.58. The van der Waals surface area contributed by atoms with E-state index in [2.05, 4.69) is 15.4 Å². The first-order valence-corrected chi connectivity index (χ1v) is 6.54. The van der Waals surface area contributed by atoms with Crippen LogP contribution in [0.5, 0.6) is 0 Å². The second-order valence-electron chi connectivity index (χ2n) is 4.91. The largest absolute Gasteiger partial charge is 0.478 e. The number of hydrogen-bond acceptors (Lipinski definition) is 4. The van der Waals surface area contributed by atoms with Gasteiger partial charge in [-0.15, -0.1) is 5.10 Å². The Morgan fingerprint density at radius 3 is 3.00 bits per heavy atom. The molecule has 0 radical (unpaired) electrons. The van der Waals surface area contributed by atoms with Crippen molar-refractivity contribution in [3.8, 4) is 0 Å². The molecule has 0 unspecified atom stereocenters. The van der Waals surface area contributed by atoms with Gasteiger partial charge in [0.1, 0.15) is 0 Å². The molecule has 2 aromatic rings. The van der Waals surface area contributed by atoms with Crippen LogP contribution < -0.4 is 5.32 Å². The van der Waals surface area contributed by atoms with Crippen molar-refractivity contribution < 1.29 is 9.90 Å². The average Bonchev–Trinajstić information content (AvgIpc) is 3.04. The smallest absolute Gasteiger partial charge is 0.335 e. The molecule has 0 amide bonds. The van der Waals surface area contributed by atoms with E-state index in [-0.39, 0.29) is 5.56 Å². The van der Waals surface area contributed by atoms with E-state index in [9.17, 15) is 4.79 Å². The zero-order valence-electron chi connectivity index (χ0n) is 10.5. The van der Waals surface area contributed by atoms with Gasteiger partial charge in [-0.05, 0) is 25.0 Å². The van der Waals surface area contributed by atoms with Crippen molar-refractivity contribution in [3.63, 3.8) is 0 Å². The van der Waals surface area contributed by atoms with E-state index in [1.807, 2.05) is 0 Å². The van der Waals surface area contributed by atoms with Crippen LogP contribution in [0, 0.1) is 0 Å². The molecule has 6 heteroatoms. The molecule has 2 heterocycles. The van der Waals surface area contributed by atoms with Crippen LogP contribution in [-0.4, -0.2) is 31.7 Å². The van der Waals surface area contributed by atoms with Gasteiger partial charge in [-0.1, -0.05) is 12.8 Å². The Morgan fingerprint density at radius 2 is 2.26 bits per heavy atom. The number of carboxylic acids is 1. The molecule has 0 spiro atoms. The van der Waals surface area contributed by atoms with Gasteiger partial charge in [0.2, 0.25) is 0 Å². The molecule has 1 saturated carbocycles. The van der Waals surface area contributed by atoms with E-state index < -0.39 is 5.97 Å². The van der Waals surface area contributed by atoms with Crippen LogP contribution in [0.1, 0.15) is 41.9 Å². The number of pyridine rings is 1. The SMILES string of the molecule is O=C(O)c1ccn2nc(CNC3CCCC3)nc2c1. The minimum absolute atomic E-state index is 0.232. The Morgan fingerprint density at radius 1 is 1.47 bits per heavy atom. The number of fused-ring (bicyclic) bond motifs is 1. The normalized spacial score (nSPS) is 16.2. The Labute approximate surface area is 110 Å². The average molecular weight is 260 g/mol. The van der Waals surface area contributed by atoms with Gasteiger partial charge < -0.3 is 10.4 Å². The summed E-state index contributed by atoms with van der Waals surface area (Å²) in [5, 5.41) is 16.7. The van der Waals surface area contributed by atoms with E-state index in [1.54, 1.807) is 10.7 Å². The molecule has 6 nitrogen and oxygen atoms in total. The van der Waals surface area contributed by atoms with Gasteiger partial charge in [0.15, 0.2) is 11.5 Å². The van der Waals surface area contributed by atoms with Crippen LogP contribution >= 0.6 is 0 Å². The molecule has 2 N–H and O–H groups in total. The second-order valence-corrected chi connectivity index (χ2v) is 4.91. The lowest BCUT2D eigenvalue weighted by molar-refractivity contribution is 0.0697. The fraction of sp³-hybridized carbons (Fsp3) is 0.462. The van der Waals surface area contributed by atoms with Crippen molar-refractivity contribution in [2.45, 2.75) is 38.3 Å². The first kappa shape index (κ1) is 12.1. The molecule has 0 atom stereocenters. The summed E-state index contributed by atoms with van der Waals surface area (Å²) in [5.41, 5.74) is 0.804. The zero-order valence-corrected chi connectivity index (χ0v) is 10.5. The fourth-order valence-corrected chi connectivity index (χ4v) is 2.50. The van der Waals surface area contributed by atoms with Gasteiger partial charge in [-0.2, -0.15) is 0 Å². The summed E-state index contributed by atoms with van der Waals surface area (Å²) in [7, 11) is 0. The number of carboxylic acid groups (broad SMARTS) is 1. The van der Waals surface area contributed by atoms with Gasteiger partial charge in [-0.3, -0.25) is 0 Å². The summed E-state index contributed by atoms with van der Waals surface area (Å²) in [6, 6.07) is 3.63. The zero-order chi connectivity index (χ0) is 13.2. The van der Waals surface area contributed by atoms with Crippen molar-refractivity contribution in [2.75, 3.05) is 0 Å². The highest BCUT2D eigenvalue weighted by Gasteiger charge is 2.15. The molecule has 2 aromatic heterocycles. The van der Waals surface area contributed by atoms with E-state index in [1.165, 1.54) is 37.8 Å². The standard InChI is InChI=1S/C13H16N4O2/c18-13(19)9-5-6-17-12(7-9)15-11(16-17)8-14-10-3-1-2-4-10/h5-7,10,14H,1-4,8H2,(H,18,19). The van der Waals surface area contributed by atoms with Gasteiger partial charge >= 0.3 is 5.97 Å². The van der Waals surface area contributed by atoms with Gasteiger partial charge in [0, 0.05) is 12.2 Å². The molecule has 1 aliphatic rings. The molecule has 19 heavy (non-hydrogen) atoms. The molecule has 0 bridgehead atoms. The van der Waals surface area contributed by atoms with Crippen molar-refractivity contribution in [1.82, 2.24) is 19.9 Å². The molecule has 1 aliphatic carbocycles. The second kappa shape index (κ2) is 4.97. The van der Waals surface area contributed by atoms with Crippen LogP contribution in [-0.2, 0) is 6.54 Å². The number of carbonyl (C=O) groups is 1. The van der Waals surface area contributed by atoms with Gasteiger partial charge in [0.25, 0.3) is 0 Å². The highest BCUT2D eigenvalue weighted by Crippen LogP contribution is 2.17. The molecular formula is C13H16N4O2. The number of aromatic nitrogens is 3. The van der Waals surface area contributed by atoms with Gasteiger partial charge in [0.05, 0.1) is 12.1 Å². The predicted octanol–water partition coefficient (Wildman–Crippen LogP) is 1.46. The van der Waals surface area contributed by atoms with Gasteiger partial charge in [-0.25, -0.2) is 14.3 Å². The summed E-state index contributed by atoms with van der Waals surface area (Å²) < 4.78 is 1.61. The van der Waals surface area contributed by atoms with E-state index in [4.69, 9.17) is 5.11 Å². The third-order valence-corrected chi connectivity index (χ3v) is 3.53. The quantitative estimate of drug-likeness (QED) is 0.870. The number of rotatable bonds is 4. The van der Waals surface area contributed by atoms with E-state index in [0.717, 1.165) is 0 Å². The lowest BCUT2D eigenvalue weighted by atomic mass is 10.2. The summed E-state index contributed by atoms with van der Waals surface area (Å²) >= 11 is 0. The number of hydrogen-bond donors (Lipinski definition) is 2. The Kier molecular flexibility index (Phi) is 3.16. The number of nitrogens with one attached hydrogen (secondary N) is 1. The Hall–Kier alpha value is -1.95. The maximum atomic E-state index is 10.9. The summed E-state index contributed by atoms with van der Waals surface area (Å²) in [5.74, 6) is -0.245. The Balaban J connectivity index is 1.75. The number of aromatic carboxylic acids is 1. The monoisotopic (exact) mass is 260 g/mol. The molecule has 1 fully saturated rings. The van der Waals surface area contributed by atoms with Crippen molar-refractivity contribution in [3.05, 3.63) is 29.7 Å². The molecule has 0 saturated heterocycles. The highest BCUT2D eigenvalue weighted by atomic mass is 16.4. The predicted molar refractivity (Wildman–Crippen MR) is 69.0 cm³/mol. The van der Waals surface area contributed by atoms with E-state index in [0.29, 0.717) is 24.1 Å². The maximum Gasteiger partial charge on any atom is 0.335 e. The van der Waals surface area contributed by atoms with E-state index >= 15 is 0 Å². The fourth-order valence-electron chi connectivity index (χ4n) is 2.50. The molecule has 0 aliphatic heterocycles. The van der Waals surface area contributed by atoms with Crippen LogP contribution in [0.2, 0.25) is 0 Å². The topological polar surface area (TPSA) is 79.5 Å². The lowest BCUT2D eigenvalue weighted by Gasteiger charge is -2.08. The first-order chi connectivity index (χ1) is 9.22. The minimum atomic E-state index is -0.948. The maximum absolute atomic E-state index is 10.9. The van der Waals surface area contributed by atoms with Crippen LogP contribution in [0.4, 0.5) is 0 Å². The molecule has 100 valence electrons. The highest BCUT2D eigenvalue weighted by molar-refractivity contribution is 5.88. The first-order valence-electron chi connectivity index (χ1n) is 6.54. The molecule has 3 rings (SSSR count). The summed E-state index contributed by atoms with van der Waals surface area (Å²) in [6.45, 7) is 0.634. The molecular weight excluding hydrogens is 244 g/mol. The van der Waals surface area contributed by atoms with Crippen molar-refractivity contribution in [1.29, 1.82) is 0 Å². The van der Waals surface area contributed by atoms with Crippen LogP contribution in [0.3, 0.4) is 0 Å². The van der Waals surface area contributed by atoms with Crippen molar-refractivity contribution in [2.24, 2.45) is 0 Å². The van der Waals surface area contributed by atoms with Crippen LogP contribution in [0.15, 0.2) is 18.3 Å². The minimum Gasteiger partial charge on any atom is -0.478 e. The Bertz CT molecular complexity index is 602. The molecule has 0 aromatic carbocycles. The summed E-state index contributed by atoms with van der Waals surface area (Å²) in [4.78, 5) is 15.2. The van der Waals surface area contributed by atoms with Crippen LogP contribution in [0.25, 0.3) is 5.65 Å². The van der Waals surface area contributed by atoms with Crippen molar-refractivity contribution >= 4 is 11.6 Å². The lowest BCUT2D eigenvalue weighted by Crippen LogP contribution is -2.25. The number of nitrogens with zero attached hydrogens (tertiary/aromatic N) is 3. The third-order valence-electron chi connectivity index (χ3n) is 3.53. The summed E-state index contributed by atoms with van der Waals surface area (Å²) in [6.07, 6.45) is 6.65.